The van der Waals surface area contributed by atoms with E-state index in [4.69, 9.17) is 4.74 Å². The lowest BCUT2D eigenvalue weighted by Crippen LogP contribution is -2.24. The number of hydrogen-bond donors (Lipinski definition) is 1. The van der Waals surface area contributed by atoms with E-state index in [2.05, 4.69) is 19.1 Å². The number of benzene rings is 3. The molecule has 0 radical (unpaired) electrons. The van der Waals surface area contributed by atoms with E-state index in [0.717, 1.165) is 47.9 Å². The molecule has 194 valence electrons. The van der Waals surface area contributed by atoms with Gasteiger partial charge < -0.3 is 9.84 Å². The molecule has 37 heavy (non-hydrogen) atoms. The van der Waals surface area contributed by atoms with Crippen LogP contribution in [0.3, 0.4) is 0 Å². The minimum atomic E-state index is -0.947. The molecule has 1 N–H and O–H groups in total. The van der Waals surface area contributed by atoms with Crippen molar-refractivity contribution in [3.8, 4) is 22.3 Å². The van der Waals surface area contributed by atoms with Crippen molar-refractivity contribution in [3.63, 3.8) is 0 Å². The van der Waals surface area contributed by atoms with Crippen LogP contribution in [0.25, 0.3) is 22.3 Å². The molecule has 0 unspecified atom stereocenters. The van der Waals surface area contributed by atoms with Gasteiger partial charge in [0.2, 0.25) is 0 Å². The molecule has 0 bridgehead atoms. The lowest BCUT2D eigenvalue weighted by atomic mass is 9.76. The van der Waals surface area contributed by atoms with Crippen LogP contribution in [-0.2, 0) is 11.2 Å². The van der Waals surface area contributed by atoms with Gasteiger partial charge in [-0.3, -0.25) is 0 Å². The van der Waals surface area contributed by atoms with Crippen LogP contribution in [0.5, 0.6) is 0 Å². The summed E-state index contributed by atoms with van der Waals surface area (Å²) in [5, 5.41) is 10.2. The molecule has 4 heteroatoms. The van der Waals surface area contributed by atoms with Crippen molar-refractivity contribution in [1.82, 2.24) is 0 Å². The van der Waals surface area contributed by atoms with Crippen LogP contribution in [0.15, 0.2) is 60.7 Å². The van der Waals surface area contributed by atoms with Gasteiger partial charge in [0, 0.05) is 0 Å². The van der Waals surface area contributed by atoms with Crippen molar-refractivity contribution in [2.75, 3.05) is 0 Å². The molecule has 1 fully saturated rings. The third-order valence-electron chi connectivity index (χ3n) is 7.13. The first-order valence-corrected chi connectivity index (χ1v) is 13.5. The molecule has 1 saturated carbocycles. The zero-order valence-corrected chi connectivity index (χ0v) is 22.5. The quantitative estimate of drug-likeness (QED) is 0.331. The summed E-state index contributed by atoms with van der Waals surface area (Å²) in [6.07, 6.45) is 7.51. The van der Waals surface area contributed by atoms with Gasteiger partial charge in [0.25, 0.3) is 0 Å². The topological polar surface area (TPSA) is 63.6 Å². The maximum Gasteiger partial charge on any atom is 0.339 e. The molecule has 4 nitrogen and oxygen atoms in total. The number of carboxylic acid groups (broad SMARTS) is 1. The highest BCUT2D eigenvalue weighted by molar-refractivity contribution is 6.04. The van der Waals surface area contributed by atoms with Gasteiger partial charge in [-0.05, 0) is 91.5 Å². The molecule has 0 saturated heterocycles. The van der Waals surface area contributed by atoms with Gasteiger partial charge in [0.1, 0.15) is 5.60 Å². The Hall–Kier alpha value is -3.40. The van der Waals surface area contributed by atoms with E-state index in [0.29, 0.717) is 17.0 Å². The second-order valence-corrected chi connectivity index (χ2v) is 11.0. The van der Waals surface area contributed by atoms with E-state index in [-0.39, 0.29) is 11.5 Å². The summed E-state index contributed by atoms with van der Waals surface area (Å²) >= 11 is 0. The SMILES string of the molecule is CCCc1ccc(C2CCCCC2)c(-c2ccccc2C(=O)O)c1-c1ccccc1C(=O)OC(C)(C)C. The minimum Gasteiger partial charge on any atom is -0.478 e. The third kappa shape index (κ3) is 5.95. The number of aromatic carboxylic acids is 1. The molecule has 0 heterocycles. The monoisotopic (exact) mass is 498 g/mol. The summed E-state index contributed by atoms with van der Waals surface area (Å²) in [6.45, 7) is 7.75. The first-order valence-electron chi connectivity index (χ1n) is 13.5. The first kappa shape index (κ1) is 26.7. The third-order valence-corrected chi connectivity index (χ3v) is 7.13. The maximum atomic E-state index is 13.4. The number of esters is 1. The van der Waals surface area contributed by atoms with Crippen molar-refractivity contribution >= 4 is 11.9 Å². The zero-order chi connectivity index (χ0) is 26.6. The zero-order valence-electron chi connectivity index (χ0n) is 22.5. The van der Waals surface area contributed by atoms with Crippen LogP contribution in [0.2, 0.25) is 0 Å². The number of carbonyl (C=O) groups is 2. The standard InChI is InChI=1S/C33H38O4/c1-5-13-23-20-21-24(22-14-7-6-8-15-22)30(25-16-9-11-18-27(25)31(34)35)29(23)26-17-10-12-19-28(26)32(36)37-33(2,3)4/h9-12,16-22H,5-8,13-15H2,1-4H3,(H,34,35). The summed E-state index contributed by atoms with van der Waals surface area (Å²) in [4.78, 5) is 25.8. The molecule has 4 rings (SSSR count). The highest BCUT2D eigenvalue weighted by atomic mass is 16.6. The Kier molecular flexibility index (Phi) is 8.16. The molecule has 3 aromatic carbocycles. The predicted molar refractivity (Wildman–Crippen MR) is 149 cm³/mol. The Balaban J connectivity index is 2.08. The lowest BCUT2D eigenvalue weighted by molar-refractivity contribution is 0.00702. The Labute approximate surface area is 220 Å². The number of ether oxygens (including phenoxy) is 1. The van der Waals surface area contributed by atoms with Crippen molar-refractivity contribution < 1.29 is 19.4 Å². The average Bonchev–Trinajstić information content (AvgIpc) is 2.88. The second kappa shape index (κ2) is 11.3. The lowest BCUT2D eigenvalue weighted by Gasteiger charge is -2.29. The first-order chi connectivity index (χ1) is 17.7. The molecular weight excluding hydrogens is 460 g/mol. The number of carboxylic acids is 1. The molecule has 1 aliphatic rings. The summed E-state index contributed by atoms with van der Waals surface area (Å²) in [5.74, 6) is -0.961. The highest BCUT2D eigenvalue weighted by Crippen LogP contribution is 2.46. The van der Waals surface area contributed by atoms with Crippen molar-refractivity contribution in [1.29, 1.82) is 0 Å². The summed E-state index contributed by atoms with van der Waals surface area (Å²) in [5.41, 5.74) is 5.88. The van der Waals surface area contributed by atoms with Crippen molar-refractivity contribution in [3.05, 3.63) is 82.9 Å². The molecule has 1 aliphatic carbocycles. The molecule has 0 aliphatic heterocycles. The normalized spacial score (nSPS) is 14.4. The van der Waals surface area contributed by atoms with Gasteiger partial charge in [-0.25, -0.2) is 9.59 Å². The Morgan fingerprint density at radius 1 is 0.838 bits per heavy atom. The fraction of sp³-hybridized carbons (Fsp3) is 0.394. The predicted octanol–water partition coefficient (Wildman–Crippen LogP) is 8.67. The Morgan fingerprint density at radius 2 is 1.43 bits per heavy atom. The van der Waals surface area contributed by atoms with Crippen LogP contribution in [0.4, 0.5) is 0 Å². The van der Waals surface area contributed by atoms with Crippen LogP contribution < -0.4 is 0 Å². The maximum absolute atomic E-state index is 13.4. The van der Waals surface area contributed by atoms with E-state index in [9.17, 15) is 14.7 Å². The summed E-state index contributed by atoms with van der Waals surface area (Å²) in [7, 11) is 0. The summed E-state index contributed by atoms with van der Waals surface area (Å²) in [6, 6.07) is 19.3. The highest BCUT2D eigenvalue weighted by Gasteiger charge is 2.28. The Morgan fingerprint density at radius 3 is 2.03 bits per heavy atom. The van der Waals surface area contributed by atoms with Crippen LogP contribution >= 0.6 is 0 Å². The van der Waals surface area contributed by atoms with E-state index in [1.54, 1.807) is 12.1 Å². The number of hydrogen-bond acceptors (Lipinski definition) is 3. The fourth-order valence-corrected chi connectivity index (χ4v) is 5.59. The number of aryl methyl sites for hydroxylation is 1. The van der Waals surface area contributed by atoms with E-state index in [1.807, 2.05) is 57.2 Å². The van der Waals surface area contributed by atoms with Gasteiger partial charge in [-0.15, -0.1) is 0 Å². The largest absolute Gasteiger partial charge is 0.478 e. The molecular formula is C33H38O4. The van der Waals surface area contributed by atoms with Gasteiger partial charge in [0.15, 0.2) is 0 Å². The molecule has 0 aromatic heterocycles. The average molecular weight is 499 g/mol. The van der Waals surface area contributed by atoms with Crippen LogP contribution in [0.1, 0.15) is 104 Å². The second-order valence-electron chi connectivity index (χ2n) is 11.0. The van der Waals surface area contributed by atoms with E-state index < -0.39 is 11.6 Å². The summed E-state index contributed by atoms with van der Waals surface area (Å²) < 4.78 is 5.81. The van der Waals surface area contributed by atoms with Crippen LogP contribution in [-0.4, -0.2) is 22.6 Å². The number of rotatable bonds is 7. The molecule has 0 spiro atoms. The van der Waals surface area contributed by atoms with E-state index >= 15 is 0 Å². The Bertz CT molecular complexity index is 1280. The van der Waals surface area contributed by atoms with Gasteiger partial charge in [-0.2, -0.15) is 0 Å². The van der Waals surface area contributed by atoms with Crippen LogP contribution in [0, 0.1) is 0 Å². The molecule has 3 aromatic rings. The minimum absolute atomic E-state index is 0.282. The van der Waals surface area contributed by atoms with Crippen molar-refractivity contribution in [2.24, 2.45) is 0 Å². The smallest absolute Gasteiger partial charge is 0.339 e. The van der Waals surface area contributed by atoms with Gasteiger partial charge in [0.05, 0.1) is 11.1 Å². The molecule has 0 atom stereocenters. The molecule has 0 amide bonds. The van der Waals surface area contributed by atoms with Gasteiger partial charge >= 0.3 is 11.9 Å². The number of carbonyl (C=O) groups excluding carboxylic acids is 1. The van der Waals surface area contributed by atoms with Crippen molar-refractivity contribution in [2.45, 2.75) is 84.2 Å². The van der Waals surface area contributed by atoms with E-state index in [1.165, 1.54) is 24.8 Å². The van der Waals surface area contributed by atoms with Gasteiger partial charge in [-0.1, -0.05) is 81.1 Å². The fourth-order valence-electron chi connectivity index (χ4n) is 5.59.